The van der Waals surface area contributed by atoms with Gasteiger partial charge in [-0.25, -0.2) is 0 Å². The predicted molar refractivity (Wildman–Crippen MR) is 77.8 cm³/mol. The normalized spacial score (nSPS) is 18.8. The van der Waals surface area contributed by atoms with Crippen molar-refractivity contribution >= 4 is 29.6 Å². The Morgan fingerprint density at radius 3 is 2.44 bits per heavy atom. The van der Waals surface area contributed by atoms with Gasteiger partial charge >= 0.3 is 0 Å². The minimum Gasteiger partial charge on any atom is -0.357 e. The van der Waals surface area contributed by atoms with Crippen LogP contribution in [0.4, 0.5) is 17.8 Å². The van der Waals surface area contributed by atoms with Gasteiger partial charge in [0.25, 0.3) is 0 Å². The monoisotopic (exact) mass is 268 g/mol. The highest BCUT2D eigenvalue weighted by Crippen LogP contribution is 2.25. The first-order chi connectivity index (χ1) is 8.61. The summed E-state index contributed by atoms with van der Waals surface area (Å²) in [6, 6.07) is 0.525. The standard InChI is InChI=1S/C11H20N6S/c1-12-9-13-10(16(2)3)15-11(14-9)17(4)8-5-6-18-7-8/h8H,5-7H2,1-4H3,(H,12,13,14,15). The molecule has 0 saturated carbocycles. The van der Waals surface area contributed by atoms with Crippen molar-refractivity contribution < 1.29 is 0 Å². The van der Waals surface area contributed by atoms with Gasteiger partial charge in [-0.05, 0) is 12.2 Å². The summed E-state index contributed by atoms with van der Waals surface area (Å²) in [6.07, 6.45) is 1.19. The second-order valence-electron chi connectivity index (χ2n) is 4.53. The zero-order valence-corrected chi connectivity index (χ0v) is 12.2. The van der Waals surface area contributed by atoms with Crippen LogP contribution in [0.25, 0.3) is 0 Å². The number of nitrogens with one attached hydrogen (secondary N) is 1. The molecule has 1 saturated heterocycles. The second-order valence-corrected chi connectivity index (χ2v) is 5.68. The van der Waals surface area contributed by atoms with E-state index < -0.39 is 0 Å². The van der Waals surface area contributed by atoms with Gasteiger partial charge in [0.1, 0.15) is 0 Å². The molecule has 7 heteroatoms. The van der Waals surface area contributed by atoms with E-state index >= 15 is 0 Å². The van der Waals surface area contributed by atoms with Gasteiger partial charge in [-0.1, -0.05) is 0 Å². The van der Waals surface area contributed by atoms with Gasteiger partial charge in [0.2, 0.25) is 17.8 Å². The fourth-order valence-electron chi connectivity index (χ4n) is 1.81. The van der Waals surface area contributed by atoms with Crippen molar-refractivity contribution in [2.75, 3.05) is 54.8 Å². The van der Waals surface area contributed by atoms with Gasteiger partial charge in [-0.2, -0.15) is 26.7 Å². The fourth-order valence-corrected chi connectivity index (χ4v) is 3.08. The van der Waals surface area contributed by atoms with Crippen LogP contribution in [0.5, 0.6) is 0 Å². The Morgan fingerprint density at radius 2 is 1.89 bits per heavy atom. The van der Waals surface area contributed by atoms with Gasteiger partial charge in [0.15, 0.2) is 0 Å². The van der Waals surface area contributed by atoms with Gasteiger partial charge in [-0.15, -0.1) is 0 Å². The molecule has 2 rings (SSSR count). The average molecular weight is 268 g/mol. The van der Waals surface area contributed by atoms with E-state index in [9.17, 15) is 0 Å². The molecular weight excluding hydrogens is 248 g/mol. The molecular formula is C11H20N6S. The van der Waals surface area contributed by atoms with Gasteiger partial charge in [0, 0.05) is 40.0 Å². The molecule has 100 valence electrons. The molecule has 1 N–H and O–H groups in total. The summed E-state index contributed by atoms with van der Waals surface area (Å²) in [4.78, 5) is 17.3. The molecule has 0 aliphatic carbocycles. The van der Waals surface area contributed by atoms with E-state index in [0.29, 0.717) is 17.9 Å². The van der Waals surface area contributed by atoms with E-state index in [0.717, 1.165) is 11.7 Å². The van der Waals surface area contributed by atoms with Crippen molar-refractivity contribution in [1.29, 1.82) is 0 Å². The largest absolute Gasteiger partial charge is 0.357 e. The zero-order valence-electron chi connectivity index (χ0n) is 11.3. The lowest BCUT2D eigenvalue weighted by molar-refractivity contribution is 0.679. The fraction of sp³-hybridized carbons (Fsp3) is 0.727. The quantitative estimate of drug-likeness (QED) is 0.871. The van der Waals surface area contributed by atoms with Crippen molar-refractivity contribution in [3.05, 3.63) is 0 Å². The highest BCUT2D eigenvalue weighted by atomic mass is 32.2. The number of nitrogens with zero attached hydrogens (tertiary/aromatic N) is 5. The first kappa shape index (κ1) is 13.2. The van der Waals surface area contributed by atoms with Crippen molar-refractivity contribution in [3.63, 3.8) is 0 Å². The Hall–Kier alpha value is -1.24. The number of hydrogen-bond acceptors (Lipinski definition) is 7. The lowest BCUT2D eigenvalue weighted by Gasteiger charge is -2.24. The third kappa shape index (κ3) is 2.77. The Morgan fingerprint density at radius 1 is 1.17 bits per heavy atom. The highest BCUT2D eigenvalue weighted by Gasteiger charge is 2.23. The molecule has 1 atom stereocenters. The topological polar surface area (TPSA) is 57.2 Å². The second kappa shape index (κ2) is 5.60. The van der Waals surface area contributed by atoms with Crippen LogP contribution in [-0.4, -0.2) is 60.7 Å². The third-order valence-electron chi connectivity index (χ3n) is 3.00. The number of aromatic nitrogens is 3. The van der Waals surface area contributed by atoms with Crippen molar-refractivity contribution in [1.82, 2.24) is 15.0 Å². The van der Waals surface area contributed by atoms with Crippen LogP contribution < -0.4 is 15.1 Å². The minimum atomic E-state index is 0.525. The lowest BCUT2D eigenvalue weighted by atomic mass is 10.2. The summed E-state index contributed by atoms with van der Waals surface area (Å²) >= 11 is 1.99. The van der Waals surface area contributed by atoms with Crippen LogP contribution in [0.1, 0.15) is 6.42 Å². The van der Waals surface area contributed by atoms with Crippen LogP contribution in [0.3, 0.4) is 0 Å². The van der Waals surface area contributed by atoms with Crippen molar-refractivity contribution in [2.24, 2.45) is 0 Å². The Balaban J connectivity index is 2.27. The molecule has 1 aliphatic heterocycles. The smallest absolute Gasteiger partial charge is 0.231 e. The van der Waals surface area contributed by atoms with E-state index in [-0.39, 0.29) is 0 Å². The van der Waals surface area contributed by atoms with Gasteiger partial charge in [-0.3, -0.25) is 0 Å². The third-order valence-corrected chi connectivity index (χ3v) is 4.15. The Bertz CT molecular complexity index is 405. The summed E-state index contributed by atoms with van der Waals surface area (Å²) in [6.45, 7) is 0. The lowest BCUT2D eigenvalue weighted by Crippen LogP contribution is -2.33. The molecule has 2 heterocycles. The molecule has 0 amide bonds. The van der Waals surface area contributed by atoms with E-state index in [4.69, 9.17) is 0 Å². The minimum absolute atomic E-state index is 0.525. The van der Waals surface area contributed by atoms with Crippen LogP contribution in [0, 0.1) is 0 Å². The first-order valence-electron chi connectivity index (χ1n) is 6.03. The molecule has 0 radical (unpaired) electrons. The van der Waals surface area contributed by atoms with Gasteiger partial charge in [0.05, 0.1) is 0 Å². The molecule has 1 aromatic rings. The first-order valence-corrected chi connectivity index (χ1v) is 7.19. The summed E-state index contributed by atoms with van der Waals surface area (Å²) < 4.78 is 0. The number of hydrogen-bond donors (Lipinski definition) is 1. The summed E-state index contributed by atoms with van der Waals surface area (Å²) in [7, 11) is 7.75. The van der Waals surface area contributed by atoms with Crippen LogP contribution in [0.15, 0.2) is 0 Å². The Labute approximate surface area is 112 Å². The molecule has 1 unspecified atom stereocenters. The maximum atomic E-state index is 4.51. The summed E-state index contributed by atoms with van der Waals surface area (Å²) in [5, 5.41) is 2.99. The molecule has 0 aromatic carbocycles. The van der Waals surface area contributed by atoms with E-state index in [1.807, 2.05) is 37.8 Å². The number of rotatable bonds is 4. The van der Waals surface area contributed by atoms with E-state index in [1.54, 1.807) is 0 Å². The van der Waals surface area contributed by atoms with E-state index in [1.165, 1.54) is 12.2 Å². The summed E-state index contributed by atoms with van der Waals surface area (Å²) in [5.74, 6) is 4.40. The summed E-state index contributed by atoms with van der Waals surface area (Å²) in [5.41, 5.74) is 0. The van der Waals surface area contributed by atoms with Crippen molar-refractivity contribution in [3.8, 4) is 0 Å². The van der Waals surface area contributed by atoms with Crippen LogP contribution >= 0.6 is 11.8 Å². The molecule has 1 aliphatic rings. The highest BCUT2D eigenvalue weighted by molar-refractivity contribution is 7.99. The van der Waals surface area contributed by atoms with E-state index in [2.05, 4.69) is 32.2 Å². The maximum Gasteiger partial charge on any atom is 0.231 e. The number of anilines is 3. The number of thioether (sulfide) groups is 1. The molecule has 1 fully saturated rings. The SMILES string of the molecule is CNc1nc(N(C)C)nc(N(C)C2CCSC2)n1. The van der Waals surface area contributed by atoms with Gasteiger partial charge < -0.3 is 15.1 Å². The average Bonchev–Trinajstić information content (AvgIpc) is 2.91. The maximum absolute atomic E-state index is 4.51. The predicted octanol–water partition coefficient (Wildman–Crippen LogP) is 0.921. The molecule has 1 aromatic heterocycles. The van der Waals surface area contributed by atoms with Crippen LogP contribution in [-0.2, 0) is 0 Å². The molecule has 18 heavy (non-hydrogen) atoms. The molecule has 6 nitrogen and oxygen atoms in total. The van der Waals surface area contributed by atoms with Crippen LogP contribution in [0.2, 0.25) is 0 Å². The Kier molecular flexibility index (Phi) is 4.11. The molecule has 0 spiro atoms. The van der Waals surface area contributed by atoms with Crippen molar-refractivity contribution in [2.45, 2.75) is 12.5 Å². The zero-order chi connectivity index (χ0) is 13.1. The molecule has 0 bridgehead atoms.